The van der Waals surface area contributed by atoms with Gasteiger partial charge in [0, 0.05) is 4.47 Å². The Bertz CT molecular complexity index is 281. The zero-order valence-corrected chi connectivity index (χ0v) is 11.3. The molecule has 0 aliphatic heterocycles. The Morgan fingerprint density at radius 2 is 1.69 bits per heavy atom. The van der Waals surface area contributed by atoms with Gasteiger partial charge in [0.2, 0.25) is 0 Å². The van der Waals surface area contributed by atoms with E-state index in [1.165, 1.54) is 0 Å². The van der Waals surface area contributed by atoms with Crippen LogP contribution in [0.15, 0.2) is 28.7 Å². The van der Waals surface area contributed by atoms with Crippen molar-refractivity contribution in [1.82, 2.24) is 0 Å². The fraction of sp³-hybridized carbons (Fsp3) is 0.222. The summed E-state index contributed by atoms with van der Waals surface area (Å²) in [5.41, 5.74) is 0.997. The van der Waals surface area contributed by atoms with Crippen molar-refractivity contribution in [3.8, 4) is 0 Å². The van der Waals surface area contributed by atoms with E-state index in [0.29, 0.717) is 0 Å². The van der Waals surface area contributed by atoms with E-state index in [1.54, 1.807) is 0 Å². The number of carbonyl (C=O) groups excluding carboxylic acids is 1. The molecule has 1 rings (SSSR count). The molecule has 13 heavy (non-hydrogen) atoms. The van der Waals surface area contributed by atoms with E-state index >= 15 is 0 Å². The molecule has 0 N–H and O–H groups in total. The SMILES string of the molecule is O=CC(c1ccc(Br)cc1)C(Br)Br. The van der Waals surface area contributed by atoms with Crippen LogP contribution >= 0.6 is 47.8 Å². The van der Waals surface area contributed by atoms with Crippen molar-refractivity contribution in [3.05, 3.63) is 34.3 Å². The number of aldehydes is 1. The fourth-order valence-electron chi connectivity index (χ4n) is 0.968. The van der Waals surface area contributed by atoms with Crippen LogP contribution in [-0.2, 0) is 4.79 Å². The van der Waals surface area contributed by atoms with Crippen molar-refractivity contribution in [2.75, 3.05) is 0 Å². The molecule has 0 saturated carbocycles. The first-order valence-electron chi connectivity index (χ1n) is 3.64. The predicted molar refractivity (Wildman–Crippen MR) is 64.6 cm³/mol. The van der Waals surface area contributed by atoms with Crippen LogP contribution < -0.4 is 0 Å². The highest BCUT2D eigenvalue weighted by atomic mass is 79.9. The molecule has 0 radical (unpaired) electrons. The first kappa shape index (κ1) is 11.4. The van der Waals surface area contributed by atoms with Crippen LogP contribution in [0, 0.1) is 0 Å². The number of halogens is 3. The largest absolute Gasteiger partial charge is 0.303 e. The highest BCUT2D eigenvalue weighted by Gasteiger charge is 2.16. The molecule has 1 aromatic rings. The Morgan fingerprint density at radius 3 is 2.08 bits per heavy atom. The van der Waals surface area contributed by atoms with Gasteiger partial charge in [-0.3, -0.25) is 0 Å². The van der Waals surface area contributed by atoms with Crippen LogP contribution in [0.5, 0.6) is 0 Å². The summed E-state index contributed by atoms with van der Waals surface area (Å²) in [5.74, 6) is -0.145. The lowest BCUT2D eigenvalue weighted by molar-refractivity contribution is -0.108. The zero-order valence-electron chi connectivity index (χ0n) is 6.58. The third kappa shape index (κ3) is 3.18. The minimum absolute atomic E-state index is 0.0151. The van der Waals surface area contributed by atoms with Crippen molar-refractivity contribution < 1.29 is 4.79 Å². The lowest BCUT2D eigenvalue weighted by Gasteiger charge is -2.11. The molecule has 0 spiro atoms. The quantitative estimate of drug-likeness (QED) is 0.583. The second-order valence-corrected chi connectivity index (χ2v) is 6.67. The van der Waals surface area contributed by atoms with Gasteiger partial charge in [0.1, 0.15) is 6.29 Å². The monoisotopic (exact) mass is 368 g/mol. The fourth-order valence-corrected chi connectivity index (χ4v) is 2.09. The molecule has 0 aliphatic carbocycles. The number of alkyl halides is 2. The molecule has 0 amide bonds. The van der Waals surface area contributed by atoms with Gasteiger partial charge in [-0.15, -0.1) is 0 Å². The van der Waals surface area contributed by atoms with Crippen LogP contribution in [0.25, 0.3) is 0 Å². The molecule has 1 atom stereocenters. The average molecular weight is 371 g/mol. The average Bonchev–Trinajstić information content (AvgIpc) is 2.09. The summed E-state index contributed by atoms with van der Waals surface area (Å²) in [7, 11) is 0. The first-order chi connectivity index (χ1) is 6.15. The van der Waals surface area contributed by atoms with Gasteiger partial charge in [-0.2, -0.15) is 0 Å². The highest BCUT2D eigenvalue weighted by Crippen LogP contribution is 2.28. The summed E-state index contributed by atoms with van der Waals surface area (Å²) in [6.45, 7) is 0. The number of hydrogen-bond acceptors (Lipinski definition) is 1. The number of carbonyl (C=O) groups is 1. The van der Waals surface area contributed by atoms with Gasteiger partial charge in [0.15, 0.2) is 0 Å². The van der Waals surface area contributed by atoms with Crippen molar-refractivity contribution in [1.29, 1.82) is 0 Å². The summed E-state index contributed by atoms with van der Waals surface area (Å²) in [6.07, 6.45) is 0.928. The Kier molecular flexibility index (Phi) is 4.62. The summed E-state index contributed by atoms with van der Waals surface area (Å²) in [4.78, 5) is 10.8. The molecule has 70 valence electrons. The minimum atomic E-state index is -0.145. The maximum Gasteiger partial charge on any atom is 0.129 e. The molecule has 0 aromatic heterocycles. The van der Waals surface area contributed by atoms with Crippen molar-refractivity contribution in [3.63, 3.8) is 0 Å². The molecule has 0 aliphatic rings. The maximum atomic E-state index is 10.8. The summed E-state index contributed by atoms with van der Waals surface area (Å²) < 4.78 is 1.00. The molecule has 0 bridgehead atoms. The molecule has 0 fully saturated rings. The van der Waals surface area contributed by atoms with Crippen LogP contribution in [0.2, 0.25) is 0 Å². The Morgan fingerprint density at radius 1 is 1.15 bits per heavy atom. The minimum Gasteiger partial charge on any atom is -0.303 e. The van der Waals surface area contributed by atoms with Gasteiger partial charge in [-0.1, -0.05) is 59.9 Å². The highest BCUT2D eigenvalue weighted by molar-refractivity contribution is 9.24. The second kappa shape index (κ2) is 5.27. The first-order valence-corrected chi connectivity index (χ1v) is 6.26. The smallest absolute Gasteiger partial charge is 0.129 e. The van der Waals surface area contributed by atoms with Crippen molar-refractivity contribution in [2.24, 2.45) is 0 Å². The number of hydrogen-bond donors (Lipinski definition) is 0. The normalized spacial score (nSPS) is 12.9. The zero-order chi connectivity index (χ0) is 9.84. The molecule has 0 saturated heterocycles. The predicted octanol–water partition coefficient (Wildman–Crippen LogP) is 3.85. The Balaban J connectivity index is 2.92. The third-order valence-corrected chi connectivity index (χ3v) is 3.34. The lowest BCUT2D eigenvalue weighted by Crippen LogP contribution is -2.07. The number of rotatable bonds is 3. The second-order valence-electron chi connectivity index (χ2n) is 2.55. The summed E-state index contributed by atoms with van der Waals surface area (Å²) >= 11 is 10.0. The van der Waals surface area contributed by atoms with E-state index in [0.717, 1.165) is 16.3 Å². The van der Waals surface area contributed by atoms with Crippen LogP contribution in [0.3, 0.4) is 0 Å². The Hall–Kier alpha value is 0.330. The van der Waals surface area contributed by atoms with Gasteiger partial charge in [-0.25, -0.2) is 0 Å². The van der Waals surface area contributed by atoms with Gasteiger partial charge >= 0.3 is 0 Å². The standard InChI is InChI=1S/C9H7Br3O/c10-7-3-1-6(2-4-7)8(5-13)9(11)12/h1-5,8-9H. The Labute approximate surface area is 102 Å². The summed E-state index contributed by atoms with van der Waals surface area (Å²) in [5, 5.41) is 0. The van der Waals surface area contributed by atoms with Crippen LogP contribution in [0.1, 0.15) is 11.5 Å². The molecule has 4 heteroatoms. The van der Waals surface area contributed by atoms with E-state index in [9.17, 15) is 4.79 Å². The molecular weight excluding hydrogens is 364 g/mol. The van der Waals surface area contributed by atoms with E-state index in [4.69, 9.17) is 0 Å². The maximum absolute atomic E-state index is 10.8. The van der Waals surface area contributed by atoms with Crippen LogP contribution in [-0.4, -0.2) is 10.0 Å². The van der Waals surface area contributed by atoms with E-state index < -0.39 is 0 Å². The van der Waals surface area contributed by atoms with Crippen molar-refractivity contribution >= 4 is 54.1 Å². The summed E-state index contributed by atoms with van der Waals surface area (Å²) in [6, 6.07) is 7.71. The molecule has 0 heterocycles. The number of benzene rings is 1. The molecule has 1 unspecified atom stereocenters. The van der Waals surface area contributed by atoms with Gasteiger partial charge in [0.25, 0.3) is 0 Å². The lowest BCUT2D eigenvalue weighted by atomic mass is 10.0. The molecule has 1 nitrogen and oxygen atoms in total. The van der Waals surface area contributed by atoms with Gasteiger partial charge in [-0.05, 0) is 17.7 Å². The molecular formula is C9H7Br3O. The molecule has 1 aromatic carbocycles. The van der Waals surface area contributed by atoms with Crippen LogP contribution in [0.4, 0.5) is 0 Å². The van der Waals surface area contributed by atoms with E-state index in [2.05, 4.69) is 47.8 Å². The van der Waals surface area contributed by atoms with Crippen molar-refractivity contribution in [2.45, 2.75) is 9.65 Å². The van der Waals surface area contributed by atoms with E-state index in [-0.39, 0.29) is 9.65 Å². The van der Waals surface area contributed by atoms with E-state index in [1.807, 2.05) is 24.3 Å². The van der Waals surface area contributed by atoms with Gasteiger partial charge < -0.3 is 4.79 Å². The topological polar surface area (TPSA) is 17.1 Å². The van der Waals surface area contributed by atoms with Gasteiger partial charge in [0.05, 0.1) is 9.65 Å². The third-order valence-electron chi connectivity index (χ3n) is 1.67.